The Morgan fingerprint density at radius 2 is 1.95 bits per heavy atom. The lowest BCUT2D eigenvalue weighted by Gasteiger charge is -2.11. The van der Waals surface area contributed by atoms with Crippen molar-refractivity contribution in [2.75, 3.05) is 0 Å². The molecule has 0 aliphatic carbocycles. The van der Waals surface area contributed by atoms with Gasteiger partial charge in [0.25, 0.3) is 0 Å². The van der Waals surface area contributed by atoms with E-state index in [9.17, 15) is 4.39 Å². The highest BCUT2D eigenvalue weighted by Gasteiger charge is 2.14. The van der Waals surface area contributed by atoms with Gasteiger partial charge in [-0.3, -0.25) is 0 Å². The monoisotopic (exact) mass is 314 g/mol. The molecule has 0 fully saturated rings. The van der Waals surface area contributed by atoms with Gasteiger partial charge in [0.2, 0.25) is 0 Å². The number of ether oxygens (including phenoxy) is 1. The average Bonchev–Trinajstić information content (AvgIpc) is 2.42. The maximum Gasteiger partial charge on any atom is 0.175 e. The maximum atomic E-state index is 13.1. The van der Waals surface area contributed by atoms with Crippen LogP contribution in [0.25, 0.3) is 0 Å². The lowest BCUT2D eigenvalue weighted by molar-refractivity contribution is 0.318. The molecule has 0 radical (unpaired) electrons. The molecule has 2 rings (SSSR count). The minimum Gasteiger partial charge on any atom is -0.456 e. The molecule has 0 bridgehead atoms. The first-order valence-electron chi connectivity index (χ1n) is 5.42. The first-order valence-corrected chi connectivity index (χ1v) is 6.18. The predicted molar refractivity (Wildman–Crippen MR) is 75.4 cm³/mol. The molecule has 0 spiro atoms. The van der Waals surface area contributed by atoms with Crippen molar-refractivity contribution in [3.8, 4) is 11.5 Å². The van der Waals surface area contributed by atoms with Crippen LogP contribution in [0.15, 0.2) is 41.6 Å². The van der Waals surface area contributed by atoms with E-state index in [1.807, 2.05) is 0 Å². The number of nitrogens with two attached hydrogens (primary N) is 1. The van der Waals surface area contributed by atoms with Crippen molar-refractivity contribution in [3.05, 3.63) is 57.8 Å². The fourth-order valence-corrected chi connectivity index (χ4v) is 1.99. The predicted octanol–water partition coefficient (Wildman–Crippen LogP) is 4.02. The summed E-state index contributed by atoms with van der Waals surface area (Å²) in [5.41, 5.74) is 5.79. The fourth-order valence-electron chi connectivity index (χ4n) is 1.56. The molecule has 0 saturated carbocycles. The number of amidine groups is 1. The Balaban J connectivity index is 2.43. The highest BCUT2D eigenvalue weighted by molar-refractivity contribution is 6.34. The molecule has 2 aromatic rings. The number of halogens is 3. The van der Waals surface area contributed by atoms with Crippen LogP contribution >= 0.6 is 23.2 Å². The molecule has 0 aliphatic heterocycles. The molecule has 0 aromatic heterocycles. The van der Waals surface area contributed by atoms with Crippen LogP contribution in [0.5, 0.6) is 11.5 Å². The van der Waals surface area contributed by atoms with E-state index in [0.29, 0.717) is 5.75 Å². The lowest BCUT2D eigenvalue weighted by atomic mass is 10.2. The number of benzene rings is 2. The largest absolute Gasteiger partial charge is 0.456 e. The lowest BCUT2D eigenvalue weighted by Crippen LogP contribution is -2.14. The van der Waals surface area contributed by atoms with Crippen LogP contribution in [0.2, 0.25) is 10.0 Å². The quantitative estimate of drug-likeness (QED) is 0.389. The van der Waals surface area contributed by atoms with E-state index in [1.165, 1.54) is 18.2 Å². The van der Waals surface area contributed by atoms with Crippen LogP contribution in [-0.2, 0) is 0 Å². The topological polar surface area (TPSA) is 67.8 Å². The summed E-state index contributed by atoms with van der Waals surface area (Å²) in [5.74, 6) is -0.193. The molecule has 0 atom stereocenters. The molecular formula is C13H9Cl2FN2O2. The van der Waals surface area contributed by atoms with Crippen LogP contribution in [0.4, 0.5) is 4.39 Å². The minimum absolute atomic E-state index is 0.0742. The van der Waals surface area contributed by atoms with Gasteiger partial charge in [-0.2, -0.15) is 0 Å². The fraction of sp³-hybridized carbons (Fsp3) is 0. The molecule has 20 heavy (non-hydrogen) atoms. The molecule has 0 unspecified atom stereocenters. The SMILES string of the molecule is NC(=NO)c1c(Cl)cccc1Oc1ccc(F)c(Cl)c1. The van der Waals surface area contributed by atoms with Crippen molar-refractivity contribution in [2.24, 2.45) is 10.9 Å². The second-order valence-electron chi connectivity index (χ2n) is 3.78. The molecule has 2 aromatic carbocycles. The summed E-state index contributed by atoms with van der Waals surface area (Å²) in [6.07, 6.45) is 0. The summed E-state index contributed by atoms with van der Waals surface area (Å²) >= 11 is 11.7. The van der Waals surface area contributed by atoms with Crippen LogP contribution in [0, 0.1) is 5.82 Å². The van der Waals surface area contributed by atoms with Crippen molar-refractivity contribution in [3.63, 3.8) is 0 Å². The van der Waals surface area contributed by atoms with Gasteiger partial charge in [-0.1, -0.05) is 34.4 Å². The van der Waals surface area contributed by atoms with E-state index >= 15 is 0 Å². The van der Waals surface area contributed by atoms with Gasteiger partial charge in [0.15, 0.2) is 5.84 Å². The van der Waals surface area contributed by atoms with Crippen LogP contribution in [0.3, 0.4) is 0 Å². The minimum atomic E-state index is -0.554. The molecular weight excluding hydrogens is 306 g/mol. The van der Waals surface area contributed by atoms with Crippen LogP contribution in [-0.4, -0.2) is 11.0 Å². The van der Waals surface area contributed by atoms with E-state index in [4.69, 9.17) is 38.9 Å². The molecule has 4 nitrogen and oxygen atoms in total. The van der Waals surface area contributed by atoms with E-state index < -0.39 is 5.82 Å². The Labute approximate surface area is 124 Å². The summed E-state index contributed by atoms with van der Waals surface area (Å²) in [6.45, 7) is 0. The normalized spacial score (nSPS) is 11.4. The third kappa shape index (κ3) is 2.95. The summed E-state index contributed by atoms with van der Waals surface area (Å²) in [6, 6.07) is 8.67. The van der Waals surface area contributed by atoms with Crippen molar-refractivity contribution < 1.29 is 14.3 Å². The summed E-state index contributed by atoms with van der Waals surface area (Å²) < 4.78 is 18.6. The highest BCUT2D eigenvalue weighted by atomic mass is 35.5. The van der Waals surface area contributed by atoms with Crippen LogP contribution in [0.1, 0.15) is 5.56 Å². The molecule has 3 N–H and O–H groups in total. The Kier molecular flexibility index (Phi) is 4.32. The van der Waals surface area contributed by atoms with E-state index in [1.54, 1.807) is 18.2 Å². The number of oxime groups is 1. The Morgan fingerprint density at radius 1 is 1.20 bits per heavy atom. The molecule has 0 aliphatic rings. The van der Waals surface area contributed by atoms with E-state index in [-0.39, 0.29) is 27.2 Å². The van der Waals surface area contributed by atoms with Crippen molar-refractivity contribution >= 4 is 29.0 Å². The zero-order valence-corrected chi connectivity index (χ0v) is 11.5. The molecule has 7 heteroatoms. The summed E-state index contributed by atoms with van der Waals surface area (Å²) in [7, 11) is 0. The van der Waals surface area contributed by atoms with Gasteiger partial charge >= 0.3 is 0 Å². The van der Waals surface area contributed by atoms with Crippen molar-refractivity contribution in [1.29, 1.82) is 0 Å². The maximum absolute atomic E-state index is 13.1. The standard InChI is InChI=1S/C13H9Cl2FN2O2/c14-8-2-1-3-11(12(8)13(17)18-19)20-7-4-5-10(16)9(15)6-7/h1-6,19H,(H2,17,18). The smallest absolute Gasteiger partial charge is 0.175 e. The number of hydrogen-bond donors (Lipinski definition) is 2. The number of nitrogens with zero attached hydrogens (tertiary/aromatic N) is 1. The molecule has 0 amide bonds. The van der Waals surface area contributed by atoms with E-state index in [0.717, 1.165) is 0 Å². The first kappa shape index (κ1) is 14.4. The van der Waals surface area contributed by atoms with E-state index in [2.05, 4.69) is 5.16 Å². The number of hydrogen-bond acceptors (Lipinski definition) is 3. The molecule has 0 heterocycles. The highest BCUT2D eigenvalue weighted by Crippen LogP contribution is 2.31. The second-order valence-corrected chi connectivity index (χ2v) is 4.59. The zero-order valence-electron chi connectivity index (χ0n) is 9.98. The van der Waals surface area contributed by atoms with Gasteiger partial charge < -0.3 is 15.7 Å². The third-order valence-corrected chi connectivity index (χ3v) is 3.06. The van der Waals surface area contributed by atoms with Gasteiger partial charge in [-0.25, -0.2) is 4.39 Å². The van der Waals surface area contributed by atoms with Crippen LogP contribution < -0.4 is 10.5 Å². The third-order valence-electron chi connectivity index (χ3n) is 2.46. The van der Waals surface area contributed by atoms with Gasteiger partial charge in [-0.05, 0) is 24.3 Å². The Bertz CT molecular complexity index is 677. The molecule has 104 valence electrons. The zero-order chi connectivity index (χ0) is 14.7. The Hall–Kier alpha value is -1.98. The summed E-state index contributed by atoms with van der Waals surface area (Å²) in [5, 5.41) is 11.8. The van der Waals surface area contributed by atoms with Gasteiger partial charge in [-0.15, -0.1) is 0 Å². The summed E-state index contributed by atoms with van der Waals surface area (Å²) in [4.78, 5) is 0. The average molecular weight is 315 g/mol. The van der Waals surface area contributed by atoms with Crippen molar-refractivity contribution in [2.45, 2.75) is 0 Å². The van der Waals surface area contributed by atoms with Crippen molar-refractivity contribution in [1.82, 2.24) is 0 Å². The van der Waals surface area contributed by atoms with Gasteiger partial charge in [0, 0.05) is 6.07 Å². The second kappa shape index (κ2) is 5.98. The first-order chi connectivity index (χ1) is 9.52. The molecule has 0 saturated heterocycles. The van der Waals surface area contributed by atoms with Gasteiger partial charge in [0.1, 0.15) is 17.3 Å². The Morgan fingerprint density at radius 3 is 2.60 bits per heavy atom. The number of rotatable bonds is 3. The van der Waals surface area contributed by atoms with Gasteiger partial charge in [0.05, 0.1) is 15.6 Å².